The second kappa shape index (κ2) is 7.93. The number of amides is 2. The molecule has 5 heteroatoms. The number of carbonyl (C=O) groups excluding carboxylic acids is 1. The fourth-order valence-electron chi connectivity index (χ4n) is 2.91. The summed E-state index contributed by atoms with van der Waals surface area (Å²) in [7, 11) is 0. The van der Waals surface area contributed by atoms with E-state index in [1.54, 1.807) is 6.20 Å². The SMILES string of the molecule is CCN1CCN(C(=O)NCc2ccc(-c3cccnc3)cc2)CC1. The fraction of sp³-hybridized carbons (Fsp3) is 0.368. The third kappa shape index (κ3) is 4.11. The number of nitrogens with one attached hydrogen (secondary N) is 1. The van der Waals surface area contributed by atoms with Gasteiger partial charge in [-0.15, -0.1) is 0 Å². The molecule has 0 bridgehead atoms. The van der Waals surface area contributed by atoms with Crippen LogP contribution in [0.4, 0.5) is 4.79 Å². The zero-order valence-electron chi connectivity index (χ0n) is 14.1. The van der Waals surface area contributed by atoms with E-state index < -0.39 is 0 Å². The number of benzene rings is 1. The topological polar surface area (TPSA) is 48.5 Å². The Kier molecular flexibility index (Phi) is 5.43. The molecule has 0 spiro atoms. The molecule has 126 valence electrons. The van der Waals surface area contributed by atoms with Crippen molar-refractivity contribution in [3.63, 3.8) is 0 Å². The molecule has 0 atom stereocenters. The van der Waals surface area contributed by atoms with Crippen molar-refractivity contribution < 1.29 is 4.79 Å². The van der Waals surface area contributed by atoms with E-state index in [1.165, 1.54) is 0 Å². The first-order valence-electron chi connectivity index (χ1n) is 8.50. The summed E-state index contributed by atoms with van der Waals surface area (Å²) in [6, 6.07) is 12.2. The summed E-state index contributed by atoms with van der Waals surface area (Å²) < 4.78 is 0. The van der Waals surface area contributed by atoms with Gasteiger partial charge in [-0.25, -0.2) is 4.79 Å². The zero-order valence-corrected chi connectivity index (χ0v) is 14.1. The molecular weight excluding hydrogens is 300 g/mol. The normalized spacial score (nSPS) is 15.3. The lowest BCUT2D eigenvalue weighted by atomic mass is 10.1. The first-order valence-corrected chi connectivity index (χ1v) is 8.50. The Hall–Kier alpha value is -2.40. The lowest BCUT2D eigenvalue weighted by Crippen LogP contribution is -2.51. The van der Waals surface area contributed by atoms with E-state index in [-0.39, 0.29) is 6.03 Å². The largest absolute Gasteiger partial charge is 0.334 e. The van der Waals surface area contributed by atoms with Gasteiger partial charge in [-0.3, -0.25) is 4.98 Å². The van der Waals surface area contributed by atoms with Crippen LogP contribution >= 0.6 is 0 Å². The minimum absolute atomic E-state index is 0.0297. The molecule has 1 fully saturated rings. The number of aromatic nitrogens is 1. The number of hydrogen-bond acceptors (Lipinski definition) is 3. The highest BCUT2D eigenvalue weighted by atomic mass is 16.2. The molecule has 0 aliphatic carbocycles. The van der Waals surface area contributed by atoms with Crippen molar-refractivity contribution in [1.29, 1.82) is 0 Å². The Bertz CT molecular complexity index is 649. The van der Waals surface area contributed by atoms with Gasteiger partial charge in [0.05, 0.1) is 0 Å². The van der Waals surface area contributed by atoms with Gasteiger partial charge in [0.2, 0.25) is 0 Å². The highest BCUT2D eigenvalue weighted by Gasteiger charge is 2.19. The maximum atomic E-state index is 12.2. The van der Waals surface area contributed by atoms with Crippen LogP contribution in [0.1, 0.15) is 12.5 Å². The van der Waals surface area contributed by atoms with Gasteiger partial charge < -0.3 is 15.1 Å². The third-order valence-corrected chi connectivity index (χ3v) is 4.50. The van der Waals surface area contributed by atoms with Crippen molar-refractivity contribution in [3.05, 3.63) is 54.4 Å². The van der Waals surface area contributed by atoms with E-state index in [2.05, 4.69) is 46.4 Å². The first-order chi connectivity index (χ1) is 11.8. The smallest absolute Gasteiger partial charge is 0.317 e. The van der Waals surface area contributed by atoms with Crippen molar-refractivity contribution in [2.45, 2.75) is 13.5 Å². The molecule has 5 nitrogen and oxygen atoms in total. The van der Waals surface area contributed by atoms with Crippen LogP contribution in [0.5, 0.6) is 0 Å². The average molecular weight is 324 g/mol. The Morgan fingerprint density at radius 3 is 2.46 bits per heavy atom. The van der Waals surface area contributed by atoms with Gasteiger partial charge in [-0.1, -0.05) is 37.3 Å². The number of pyridine rings is 1. The first kappa shape index (κ1) is 16.5. The minimum atomic E-state index is 0.0297. The monoisotopic (exact) mass is 324 g/mol. The van der Waals surface area contributed by atoms with Crippen molar-refractivity contribution >= 4 is 6.03 Å². The summed E-state index contributed by atoms with van der Waals surface area (Å²) in [5.74, 6) is 0. The Labute approximate surface area is 143 Å². The number of carbonyl (C=O) groups is 1. The van der Waals surface area contributed by atoms with Crippen LogP contribution in [-0.2, 0) is 6.54 Å². The van der Waals surface area contributed by atoms with Crippen molar-refractivity contribution in [1.82, 2.24) is 20.1 Å². The number of likely N-dealkylation sites (N-methyl/N-ethyl adjacent to an activating group) is 1. The van der Waals surface area contributed by atoms with Gasteiger partial charge in [-0.05, 0) is 29.3 Å². The Morgan fingerprint density at radius 1 is 1.08 bits per heavy atom. The van der Waals surface area contributed by atoms with E-state index in [0.717, 1.165) is 49.4 Å². The molecule has 1 aromatic carbocycles. The van der Waals surface area contributed by atoms with Crippen LogP contribution in [0, 0.1) is 0 Å². The number of piperazine rings is 1. The molecule has 0 saturated carbocycles. The highest BCUT2D eigenvalue weighted by Crippen LogP contribution is 2.18. The quantitative estimate of drug-likeness (QED) is 0.940. The van der Waals surface area contributed by atoms with E-state index in [9.17, 15) is 4.79 Å². The average Bonchev–Trinajstić information content (AvgIpc) is 2.67. The molecule has 2 aromatic rings. The van der Waals surface area contributed by atoms with E-state index in [0.29, 0.717) is 6.54 Å². The van der Waals surface area contributed by atoms with Crippen LogP contribution in [0.15, 0.2) is 48.8 Å². The molecule has 1 aliphatic rings. The minimum Gasteiger partial charge on any atom is -0.334 e. The van der Waals surface area contributed by atoms with Crippen LogP contribution in [0.2, 0.25) is 0 Å². The van der Waals surface area contributed by atoms with Gasteiger partial charge in [-0.2, -0.15) is 0 Å². The second-order valence-electron chi connectivity index (χ2n) is 6.02. The molecule has 2 amide bonds. The molecular formula is C19H24N4O. The lowest BCUT2D eigenvalue weighted by molar-refractivity contribution is 0.142. The molecule has 0 radical (unpaired) electrons. The Morgan fingerprint density at radius 2 is 1.83 bits per heavy atom. The van der Waals surface area contributed by atoms with Gasteiger partial charge in [0.1, 0.15) is 0 Å². The summed E-state index contributed by atoms with van der Waals surface area (Å²) in [6.45, 7) is 7.30. The molecule has 1 aromatic heterocycles. The van der Waals surface area contributed by atoms with Gasteiger partial charge in [0, 0.05) is 45.1 Å². The molecule has 2 heterocycles. The maximum Gasteiger partial charge on any atom is 0.317 e. The summed E-state index contributed by atoms with van der Waals surface area (Å²) in [5, 5.41) is 3.02. The van der Waals surface area contributed by atoms with E-state index >= 15 is 0 Å². The zero-order chi connectivity index (χ0) is 16.8. The molecule has 1 N–H and O–H groups in total. The van der Waals surface area contributed by atoms with E-state index in [4.69, 9.17) is 0 Å². The van der Waals surface area contributed by atoms with E-state index in [1.807, 2.05) is 23.2 Å². The third-order valence-electron chi connectivity index (χ3n) is 4.50. The molecule has 1 aliphatic heterocycles. The lowest BCUT2D eigenvalue weighted by Gasteiger charge is -2.34. The van der Waals surface area contributed by atoms with Crippen molar-refractivity contribution in [2.75, 3.05) is 32.7 Å². The molecule has 1 saturated heterocycles. The fourth-order valence-corrected chi connectivity index (χ4v) is 2.91. The number of rotatable bonds is 4. The summed E-state index contributed by atoms with van der Waals surface area (Å²) in [4.78, 5) is 20.6. The molecule has 0 unspecified atom stereocenters. The maximum absolute atomic E-state index is 12.2. The summed E-state index contributed by atoms with van der Waals surface area (Å²) in [5.41, 5.74) is 3.33. The molecule has 3 rings (SSSR count). The Balaban J connectivity index is 1.51. The van der Waals surface area contributed by atoms with Crippen molar-refractivity contribution in [2.24, 2.45) is 0 Å². The summed E-state index contributed by atoms with van der Waals surface area (Å²) >= 11 is 0. The van der Waals surface area contributed by atoms with Crippen molar-refractivity contribution in [3.8, 4) is 11.1 Å². The second-order valence-corrected chi connectivity index (χ2v) is 6.02. The van der Waals surface area contributed by atoms with Crippen LogP contribution < -0.4 is 5.32 Å². The van der Waals surface area contributed by atoms with Gasteiger partial charge in [0.15, 0.2) is 0 Å². The standard InChI is InChI=1S/C19H24N4O/c1-2-22-10-12-23(13-11-22)19(24)21-14-16-5-7-17(8-6-16)18-4-3-9-20-15-18/h3-9,15H,2,10-14H2,1H3,(H,21,24). The predicted octanol–water partition coefficient (Wildman–Crippen LogP) is 2.60. The van der Waals surface area contributed by atoms with Gasteiger partial charge in [0.25, 0.3) is 0 Å². The summed E-state index contributed by atoms with van der Waals surface area (Å²) in [6.07, 6.45) is 3.63. The molecule has 24 heavy (non-hydrogen) atoms. The highest BCUT2D eigenvalue weighted by molar-refractivity contribution is 5.74. The van der Waals surface area contributed by atoms with Crippen LogP contribution in [-0.4, -0.2) is 53.5 Å². The van der Waals surface area contributed by atoms with Crippen LogP contribution in [0.3, 0.4) is 0 Å². The number of hydrogen-bond donors (Lipinski definition) is 1. The predicted molar refractivity (Wildman–Crippen MR) is 95.6 cm³/mol. The number of nitrogens with zero attached hydrogens (tertiary/aromatic N) is 3. The van der Waals surface area contributed by atoms with Crippen LogP contribution in [0.25, 0.3) is 11.1 Å². The number of urea groups is 1. The van der Waals surface area contributed by atoms with Gasteiger partial charge >= 0.3 is 6.03 Å².